The van der Waals surface area contributed by atoms with Gasteiger partial charge in [-0.05, 0) is 25.5 Å². The minimum Gasteiger partial charge on any atom is -0.480 e. The molecule has 0 saturated heterocycles. The van der Waals surface area contributed by atoms with Crippen LogP contribution in [0.1, 0.15) is 32.6 Å². The summed E-state index contributed by atoms with van der Waals surface area (Å²) >= 11 is 0. The Morgan fingerprint density at radius 3 is 2.76 bits per heavy atom. The summed E-state index contributed by atoms with van der Waals surface area (Å²) in [5, 5.41) is 15.3. The third-order valence-corrected chi connectivity index (χ3v) is 3.14. The third-order valence-electron chi connectivity index (χ3n) is 3.14. The van der Waals surface area contributed by atoms with Crippen LogP contribution in [0.2, 0.25) is 0 Å². The fraction of sp³-hybridized carbons (Fsp3) is 0.571. The van der Waals surface area contributed by atoms with Gasteiger partial charge in [-0.2, -0.15) is 4.98 Å². The predicted molar refractivity (Wildman–Crippen MR) is 78.0 cm³/mol. The lowest BCUT2D eigenvalue weighted by atomic mass is 10.1. The van der Waals surface area contributed by atoms with E-state index in [9.17, 15) is 0 Å². The van der Waals surface area contributed by atoms with Crippen LogP contribution in [0.5, 0.6) is 5.88 Å². The van der Waals surface area contributed by atoms with Crippen LogP contribution in [-0.2, 0) is 6.42 Å². The number of ether oxygens (including phenoxy) is 1. The molecule has 2 aromatic heterocycles. The van der Waals surface area contributed by atoms with Crippen molar-refractivity contribution in [3.05, 3.63) is 18.0 Å². The van der Waals surface area contributed by atoms with Gasteiger partial charge in [0.05, 0.1) is 7.11 Å². The van der Waals surface area contributed by atoms with Crippen LogP contribution in [0.3, 0.4) is 0 Å². The highest BCUT2D eigenvalue weighted by molar-refractivity contribution is 5.47. The second kappa shape index (κ2) is 7.68. The average Bonchev–Trinajstić information content (AvgIpc) is 3.00. The molecule has 114 valence electrons. The summed E-state index contributed by atoms with van der Waals surface area (Å²) in [5.74, 6) is 1.51. The Morgan fingerprint density at radius 2 is 2.14 bits per heavy atom. The monoisotopic (exact) mass is 291 g/mol. The maximum absolute atomic E-state index is 5.29. The summed E-state index contributed by atoms with van der Waals surface area (Å²) in [7, 11) is 1.55. The summed E-state index contributed by atoms with van der Waals surface area (Å²) < 4.78 is 10.3. The topological polar surface area (TPSA) is 86.0 Å². The fourth-order valence-corrected chi connectivity index (χ4v) is 1.91. The highest BCUT2D eigenvalue weighted by Crippen LogP contribution is 2.15. The lowest BCUT2D eigenvalue weighted by Crippen LogP contribution is -2.31. The molecule has 1 atom stereocenters. The molecule has 2 heterocycles. The van der Waals surface area contributed by atoms with Crippen molar-refractivity contribution in [2.24, 2.45) is 0 Å². The maximum atomic E-state index is 5.29. The zero-order valence-electron chi connectivity index (χ0n) is 12.7. The van der Waals surface area contributed by atoms with Gasteiger partial charge in [-0.3, -0.25) is 0 Å². The van der Waals surface area contributed by atoms with Crippen LogP contribution >= 0.6 is 0 Å². The first-order valence-electron chi connectivity index (χ1n) is 7.20. The van der Waals surface area contributed by atoms with Gasteiger partial charge in [0, 0.05) is 18.5 Å². The van der Waals surface area contributed by atoms with Crippen molar-refractivity contribution < 1.29 is 9.26 Å². The Hall–Kier alpha value is -2.02. The molecule has 7 heteroatoms. The van der Waals surface area contributed by atoms with Gasteiger partial charge in [0.1, 0.15) is 5.69 Å². The van der Waals surface area contributed by atoms with Gasteiger partial charge in [-0.1, -0.05) is 19.0 Å². The molecule has 2 aromatic rings. The van der Waals surface area contributed by atoms with E-state index in [1.165, 1.54) is 0 Å². The largest absolute Gasteiger partial charge is 0.480 e. The van der Waals surface area contributed by atoms with E-state index in [2.05, 4.69) is 39.5 Å². The Morgan fingerprint density at radius 1 is 1.29 bits per heavy atom. The number of hydrogen-bond donors (Lipinski definition) is 1. The molecule has 1 unspecified atom stereocenters. The zero-order chi connectivity index (χ0) is 15.1. The van der Waals surface area contributed by atoms with Gasteiger partial charge in [-0.15, -0.1) is 10.2 Å². The molecular formula is C14H21N5O2. The van der Waals surface area contributed by atoms with Crippen molar-refractivity contribution in [2.75, 3.05) is 13.7 Å². The number of nitrogens with one attached hydrogen (secondary N) is 1. The van der Waals surface area contributed by atoms with Crippen LogP contribution in [0.25, 0.3) is 11.5 Å². The van der Waals surface area contributed by atoms with Crippen LogP contribution < -0.4 is 10.1 Å². The van der Waals surface area contributed by atoms with Gasteiger partial charge in [-0.25, -0.2) is 0 Å². The molecule has 1 N–H and O–H groups in total. The standard InChI is InChI=1S/C14H21N5O2/c1-4-8-15-10(5-2)9-13-16-14(19-21-13)11-6-7-12(20-3)18-17-11/h6-7,10,15H,4-5,8-9H2,1-3H3. The average molecular weight is 291 g/mol. The number of aromatic nitrogens is 4. The van der Waals surface area contributed by atoms with Crippen LogP contribution in [0.15, 0.2) is 16.7 Å². The molecule has 0 aliphatic carbocycles. The Bertz CT molecular complexity index is 541. The molecule has 0 aliphatic heterocycles. The minimum atomic E-state index is 0.347. The van der Waals surface area contributed by atoms with E-state index in [0.29, 0.717) is 35.8 Å². The molecular weight excluding hydrogens is 270 g/mol. The molecule has 0 amide bonds. The number of hydrogen-bond acceptors (Lipinski definition) is 7. The summed E-state index contributed by atoms with van der Waals surface area (Å²) in [6.07, 6.45) is 2.83. The van der Waals surface area contributed by atoms with E-state index in [1.54, 1.807) is 19.2 Å². The molecule has 2 rings (SSSR count). The van der Waals surface area contributed by atoms with E-state index < -0.39 is 0 Å². The summed E-state index contributed by atoms with van der Waals surface area (Å²) in [4.78, 5) is 4.37. The first-order chi connectivity index (χ1) is 10.3. The van der Waals surface area contributed by atoms with Crippen molar-refractivity contribution >= 4 is 0 Å². The zero-order valence-corrected chi connectivity index (χ0v) is 12.7. The lowest BCUT2D eigenvalue weighted by molar-refractivity contribution is 0.354. The van der Waals surface area contributed by atoms with Crippen LogP contribution in [0, 0.1) is 0 Å². The minimum absolute atomic E-state index is 0.347. The van der Waals surface area contributed by atoms with Gasteiger partial charge >= 0.3 is 0 Å². The summed E-state index contributed by atoms with van der Waals surface area (Å²) in [5.41, 5.74) is 0.570. The molecule has 0 aromatic carbocycles. The molecule has 7 nitrogen and oxygen atoms in total. The SMILES string of the molecule is CCCNC(CC)Cc1nc(-c2ccc(OC)nn2)no1. The first-order valence-corrected chi connectivity index (χ1v) is 7.20. The van der Waals surface area contributed by atoms with Gasteiger partial charge in [0.15, 0.2) is 0 Å². The Labute approximate surface area is 124 Å². The Kier molecular flexibility index (Phi) is 5.62. The smallest absolute Gasteiger partial charge is 0.233 e. The van der Waals surface area contributed by atoms with E-state index >= 15 is 0 Å². The molecule has 0 spiro atoms. The molecule has 0 bridgehead atoms. The fourth-order valence-electron chi connectivity index (χ4n) is 1.91. The first kappa shape index (κ1) is 15.4. The van der Waals surface area contributed by atoms with E-state index in [1.807, 2.05) is 0 Å². The summed E-state index contributed by atoms with van der Waals surface area (Å²) in [6, 6.07) is 3.82. The van der Waals surface area contributed by atoms with Gasteiger partial charge in [0.25, 0.3) is 0 Å². The second-order valence-electron chi connectivity index (χ2n) is 4.74. The third kappa shape index (κ3) is 4.22. The number of methoxy groups -OCH3 is 1. The molecule has 0 saturated carbocycles. The van der Waals surface area contributed by atoms with Gasteiger partial charge < -0.3 is 14.6 Å². The van der Waals surface area contributed by atoms with Crippen molar-refractivity contribution in [1.82, 2.24) is 25.7 Å². The molecule has 0 fully saturated rings. The predicted octanol–water partition coefficient (Wildman–Crippen LogP) is 1.86. The highest BCUT2D eigenvalue weighted by atomic mass is 16.5. The van der Waals surface area contributed by atoms with Crippen molar-refractivity contribution in [3.8, 4) is 17.4 Å². The maximum Gasteiger partial charge on any atom is 0.233 e. The van der Waals surface area contributed by atoms with E-state index in [-0.39, 0.29) is 0 Å². The normalized spacial score (nSPS) is 12.3. The van der Waals surface area contributed by atoms with E-state index in [0.717, 1.165) is 19.4 Å². The van der Waals surface area contributed by atoms with Gasteiger partial charge in [0.2, 0.25) is 17.6 Å². The second-order valence-corrected chi connectivity index (χ2v) is 4.74. The molecule has 0 aliphatic rings. The van der Waals surface area contributed by atoms with Crippen LogP contribution in [-0.4, -0.2) is 40.0 Å². The Balaban J connectivity index is 2.02. The van der Waals surface area contributed by atoms with Crippen molar-refractivity contribution in [2.45, 2.75) is 39.2 Å². The highest BCUT2D eigenvalue weighted by Gasteiger charge is 2.14. The summed E-state index contributed by atoms with van der Waals surface area (Å²) in [6.45, 7) is 5.27. The molecule has 21 heavy (non-hydrogen) atoms. The quantitative estimate of drug-likeness (QED) is 0.794. The molecule has 0 radical (unpaired) electrons. The van der Waals surface area contributed by atoms with Crippen molar-refractivity contribution in [1.29, 1.82) is 0 Å². The number of nitrogens with zero attached hydrogens (tertiary/aromatic N) is 4. The van der Waals surface area contributed by atoms with Crippen LogP contribution in [0.4, 0.5) is 0 Å². The lowest BCUT2D eigenvalue weighted by Gasteiger charge is -2.13. The number of rotatable bonds is 8. The van der Waals surface area contributed by atoms with Crippen molar-refractivity contribution in [3.63, 3.8) is 0 Å². The van der Waals surface area contributed by atoms with E-state index in [4.69, 9.17) is 9.26 Å².